The van der Waals surface area contributed by atoms with Gasteiger partial charge in [0.25, 0.3) is 5.91 Å². The lowest BCUT2D eigenvalue weighted by Crippen LogP contribution is -2.48. The molecule has 4 bridgehead atoms. The van der Waals surface area contributed by atoms with Crippen molar-refractivity contribution in [2.45, 2.75) is 55.8 Å². The number of carbonyl (C=O) groups is 1. The minimum atomic E-state index is -3.36. The number of nitrogens with one attached hydrogen (secondary N) is 1. The van der Waals surface area contributed by atoms with E-state index in [4.69, 9.17) is 4.98 Å². The molecule has 1 N–H and O–H groups in total. The minimum absolute atomic E-state index is 0.154. The van der Waals surface area contributed by atoms with E-state index in [1.807, 2.05) is 6.92 Å². The number of aromatic nitrogens is 1. The largest absolute Gasteiger partial charge is 0.298 e. The molecule has 0 aliphatic heterocycles. The van der Waals surface area contributed by atoms with Crippen molar-refractivity contribution in [1.29, 1.82) is 0 Å². The highest BCUT2D eigenvalue weighted by molar-refractivity contribution is 7.90. The van der Waals surface area contributed by atoms with Crippen LogP contribution in [0.5, 0.6) is 0 Å². The molecule has 0 atom stereocenters. The van der Waals surface area contributed by atoms with Crippen molar-refractivity contribution in [2.24, 2.45) is 17.8 Å². The number of benzene rings is 1. The molecule has 7 heteroatoms. The summed E-state index contributed by atoms with van der Waals surface area (Å²) in [6.45, 7) is 1.81. The second-order valence-corrected chi connectivity index (χ2v) is 12.3. The summed E-state index contributed by atoms with van der Waals surface area (Å²) >= 11 is 1.48. The van der Waals surface area contributed by atoms with Gasteiger partial charge in [-0.3, -0.25) is 10.1 Å². The van der Waals surface area contributed by atoms with E-state index >= 15 is 0 Å². The first kappa shape index (κ1) is 19.2. The summed E-state index contributed by atoms with van der Waals surface area (Å²) in [5.41, 5.74) is 2.48. The zero-order valence-corrected chi connectivity index (χ0v) is 18.4. The van der Waals surface area contributed by atoms with Gasteiger partial charge in [0.05, 0.1) is 10.6 Å². The van der Waals surface area contributed by atoms with Crippen LogP contribution in [0.1, 0.15) is 60.1 Å². The van der Waals surface area contributed by atoms with Gasteiger partial charge in [0, 0.05) is 22.6 Å². The number of hydrogen-bond donors (Lipinski definition) is 1. The molecule has 154 valence electrons. The van der Waals surface area contributed by atoms with E-state index < -0.39 is 9.84 Å². The number of thiazole rings is 1. The minimum Gasteiger partial charge on any atom is -0.298 e. The van der Waals surface area contributed by atoms with Crippen LogP contribution in [-0.2, 0) is 15.3 Å². The van der Waals surface area contributed by atoms with Crippen LogP contribution < -0.4 is 5.32 Å². The number of aryl methyl sites for hydroxylation is 1. The fourth-order valence-electron chi connectivity index (χ4n) is 6.24. The molecule has 0 unspecified atom stereocenters. The standard InChI is InChI=1S/C22H26N2O3S2/c1-13-3-4-17(29(2,26)27)8-18(13)20(25)24-21-23-19(12-28-21)22-9-14-5-15(10-22)7-16(6-14)11-22/h3-4,8,12,14-16H,5-7,9-11H2,1-2H3,(H,23,24,25). The monoisotopic (exact) mass is 430 g/mol. The molecule has 1 aromatic heterocycles. The van der Waals surface area contributed by atoms with Gasteiger partial charge in [-0.15, -0.1) is 11.3 Å². The van der Waals surface area contributed by atoms with Gasteiger partial charge in [-0.2, -0.15) is 0 Å². The van der Waals surface area contributed by atoms with Gasteiger partial charge in [-0.1, -0.05) is 6.07 Å². The zero-order chi connectivity index (χ0) is 20.4. The number of sulfone groups is 1. The molecular formula is C22H26N2O3S2. The number of anilines is 1. The first-order valence-corrected chi connectivity index (χ1v) is 13.1. The molecule has 4 aliphatic carbocycles. The molecule has 4 fully saturated rings. The predicted molar refractivity (Wildman–Crippen MR) is 114 cm³/mol. The third-order valence-electron chi connectivity index (χ3n) is 7.19. The highest BCUT2D eigenvalue weighted by Gasteiger charge is 2.52. The van der Waals surface area contributed by atoms with Crippen molar-refractivity contribution in [3.8, 4) is 0 Å². The molecule has 1 amide bonds. The Kier molecular flexibility index (Phi) is 4.41. The smallest absolute Gasteiger partial charge is 0.257 e. The van der Waals surface area contributed by atoms with Crippen LogP contribution in [0.15, 0.2) is 28.5 Å². The van der Waals surface area contributed by atoms with Gasteiger partial charge < -0.3 is 0 Å². The molecule has 29 heavy (non-hydrogen) atoms. The lowest BCUT2D eigenvalue weighted by Gasteiger charge is -2.56. The third kappa shape index (κ3) is 3.42. The van der Waals surface area contributed by atoms with Gasteiger partial charge in [-0.25, -0.2) is 13.4 Å². The molecular weight excluding hydrogens is 404 g/mol. The highest BCUT2D eigenvalue weighted by atomic mass is 32.2. The van der Waals surface area contributed by atoms with Gasteiger partial charge in [0.1, 0.15) is 0 Å². The molecule has 0 spiro atoms. The molecule has 1 aromatic carbocycles. The number of rotatable bonds is 4. The van der Waals surface area contributed by atoms with E-state index in [0.717, 1.165) is 35.3 Å². The molecule has 2 aromatic rings. The highest BCUT2D eigenvalue weighted by Crippen LogP contribution is 2.60. The van der Waals surface area contributed by atoms with Crippen molar-refractivity contribution < 1.29 is 13.2 Å². The van der Waals surface area contributed by atoms with Crippen LogP contribution in [-0.4, -0.2) is 25.6 Å². The quantitative estimate of drug-likeness (QED) is 0.771. The maximum atomic E-state index is 12.8. The van der Waals surface area contributed by atoms with Crippen LogP contribution in [0.25, 0.3) is 0 Å². The fourth-order valence-corrected chi connectivity index (χ4v) is 7.72. The van der Waals surface area contributed by atoms with Crippen LogP contribution in [0, 0.1) is 24.7 Å². The maximum Gasteiger partial charge on any atom is 0.257 e. The number of amides is 1. The van der Waals surface area contributed by atoms with Crippen LogP contribution in [0.2, 0.25) is 0 Å². The van der Waals surface area contributed by atoms with Crippen molar-refractivity contribution in [3.05, 3.63) is 40.4 Å². The maximum absolute atomic E-state index is 12.8. The Morgan fingerprint density at radius 1 is 1.14 bits per heavy atom. The Morgan fingerprint density at radius 2 is 1.76 bits per heavy atom. The Hall–Kier alpha value is -1.73. The van der Waals surface area contributed by atoms with Crippen molar-refractivity contribution in [2.75, 3.05) is 11.6 Å². The molecule has 4 saturated carbocycles. The average molecular weight is 431 g/mol. The van der Waals surface area contributed by atoms with Crippen LogP contribution in [0.3, 0.4) is 0 Å². The molecule has 0 radical (unpaired) electrons. The SMILES string of the molecule is Cc1ccc(S(C)(=O)=O)cc1C(=O)Nc1nc(C23CC4CC(CC(C4)C2)C3)cs1. The molecule has 0 saturated heterocycles. The summed E-state index contributed by atoms with van der Waals surface area (Å²) in [6.07, 6.45) is 9.05. The fraction of sp³-hybridized carbons (Fsp3) is 0.545. The van der Waals surface area contributed by atoms with E-state index in [1.54, 1.807) is 6.07 Å². The van der Waals surface area contributed by atoms with E-state index in [1.165, 1.54) is 62.0 Å². The summed E-state index contributed by atoms with van der Waals surface area (Å²) in [7, 11) is -3.36. The van der Waals surface area contributed by atoms with Gasteiger partial charge in [0.15, 0.2) is 15.0 Å². The van der Waals surface area contributed by atoms with E-state index in [2.05, 4.69) is 10.7 Å². The summed E-state index contributed by atoms with van der Waals surface area (Å²) in [6, 6.07) is 4.66. The Balaban J connectivity index is 1.38. The number of hydrogen-bond acceptors (Lipinski definition) is 5. The van der Waals surface area contributed by atoms with Gasteiger partial charge >= 0.3 is 0 Å². The average Bonchev–Trinajstić information content (AvgIpc) is 3.09. The summed E-state index contributed by atoms with van der Waals surface area (Å²) in [5, 5.41) is 5.63. The second-order valence-electron chi connectivity index (χ2n) is 9.44. The lowest BCUT2D eigenvalue weighted by molar-refractivity contribution is -0.00688. The first-order valence-electron chi connectivity index (χ1n) is 10.3. The molecule has 6 rings (SSSR count). The third-order valence-corrected chi connectivity index (χ3v) is 9.06. The van der Waals surface area contributed by atoms with Gasteiger partial charge in [0.2, 0.25) is 0 Å². The number of carbonyl (C=O) groups excluding carboxylic acids is 1. The predicted octanol–water partition coefficient (Wildman–Crippen LogP) is 4.58. The Labute approximate surface area is 175 Å². The van der Waals surface area contributed by atoms with Crippen molar-refractivity contribution in [1.82, 2.24) is 4.98 Å². The van der Waals surface area contributed by atoms with Crippen LogP contribution in [0.4, 0.5) is 5.13 Å². The number of nitrogens with zero attached hydrogens (tertiary/aromatic N) is 1. The summed E-state index contributed by atoms with van der Waals surface area (Å²) in [4.78, 5) is 17.8. The molecule has 5 nitrogen and oxygen atoms in total. The molecule has 4 aliphatic rings. The zero-order valence-electron chi connectivity index (χ0n) is 16.8. The molecule has 1 heterocycles. The van der Waals surface area contributed by atoms with E-state index in [-0.39, 0.29) is 16.2 Å². The van der Waals surface area contributed by atoms with E-state index in [0.29, 0.717) is 10.7 Å². The van der Waals surface area contributed by atoms with Crippen molar-refractivity contribution >= 4 is 32.2 Å². The summed E-state index contributed by atoms with van der Waals surface area (Å²) in [5.74, 6) is 2.24. The van der Waals surface area contributed by atoms with Gasteiger partial charge in [-0.05, 0) is 80.9 Å². The normalized spacial score (nSPS) is 30.5. The topological polar surface area (TPSA) is 76.1 Å². The lowest BCUT2D eigenvalue weighted by atomic mass is 9.49. The first-order chi connectivity index (χ1) is 13.7. The van der Waals surface area contributed by atoms with E-state index in [9.17, 15) is 13.2 Å². The Morgan fingerprint density at radius 3 is 2.34 bits per heavy atom. The van der Waals surface area contributed by atoms with Crippen molar-refractivity contribution in [3.63, 3.8) is 0 Å². The second kappa shape index (κ2) is 6.64. The summed E-state index contributed by atoms with van der Waals surface area (Å²) < 4.78 is 23.7. The Bertz CT molecular complexity index is 1050. The van der Waals surface area contributed by atoms with Crippen LogP contribution >= 0.6 is 11.3 Å².